The van der Waals surface area contributed by atoms with E-state index in [1.807, 2.05) is 0 Å². The van der Waals surface area contributed by atoms with Gasteiger partial charge in [-0.05, 0) is 12.1 Å². The molecule has 0 unspecified atom stereocenters. The Balaban J connectivity index is 2.80. The lowest BCUT2D eigenvalue weighted by Crippen LogP contribution is -1.92. The van der Waals surface area contributed by atoms with Gasteiger partial charge in [-0.3, -0.25) is 0 Å². The molecule has 0 saturated heterocycles. The van der Waals surface area contributed by atoms with Gasteiger partial charge in [0.2, 0.25) is 0 Å². The first-order valence-electron chi connectivity index (χ1n) is 4.92. The molecule has 0 N–H and O–H groups in total. The van der Waals surface area contributed by atoms with E-state index in [9.17, 15) is 12.8 Å². The van der Waals surface area contributed by atoms with Crippen LogP contribution in [0, 0.1) is 5.82 Å². The number of halogens is 3. The number of hydrogen-bond acceptors (Lipinski definition) is 2. The molecule has 0 radical (unpaired) electrons. The van der Waals surface area contributed by atoms with Gasteiger partial charge in [-0.25, -0.2) is 12.8 Å². The lowest BCUT2D eigenvalue weighted by Gasteiger charge is -2.00. The second kappa shape index (κ2) is 4.91. The molecule has 1 aromatic carbocycles. The second-order valence-corrected chi connectivity index (χ2v) is 6.37. The van der Waals surface area contributed by atoms with Crippen LogP contribution in [0.3, 0.4) is 0 Å². The number of aromatic nitrogens is 1. The van der Waals surface area contributed by atoms with Crippen LogP contribution in [-0.2, 0) is 15.6 Å². The fourth-order valence-electron chi connectivity index (χ4n) is 1.76. The Bertz CT molecular complexity index is 722. The van der Waals surface area contributed by atoms with E-state index in [-0.39, 0.29) is 10.3 Å². The summed E-state index contributed by atoms with van der Waals surface area (Å²) in [6.45, 7) is 0.329. The minimum Gasteiger partial charge on any atom is -0.342 e. The monoisotopic (exact) mass is 307 g/mol. The summed E-state index contributed by atoms with van der Waals surface area (Å²) in [5.41, 5.74) is 1.75. The third-order valence-electron chi connectivity index (χ3n) is 2.47. The molecule has 0 aliphatic rings. The van der Waals surface area contributed by atoms with Gasteiger partial charge in [0.1, 0.15) is 10.7 Å². The minimum atomic E-state index is -4.00. The highest BCUT2D eigenvalue weighted by Crippen LogP contribution is 2.30. The van der Waals surface area contributed by atoms with Crippen molar-refractivity contribution in [1.82, 2.24) is 4.57 Å². The van der Waals surface area contributed by atoms with Crippen molar-refractivity contribution in [2.24, 2.45) is 0 Å². The molecule has 1 aromatic heterocycles. The van der Waals surface area contributed by atoms with Gasteiger partial charge in [0, 0.05) is 29.0 Å². The molecule has 0 aliphatic carbocycles. The van der Waals surface area contributed by atoms with Crippen LogP contribution >= 0.6 is 22.3 Å². The van der Waals surface area contributed by atoms with Crippen LogP contribution in [0.1, 0.15) is 0 Å². The van der Waals surface area contributed by atoms with Gasteiger partial charge in [0.25, 0.3) is 9.05 Å². The molecular formula is C11H8Cl2FNO2S. The topological polar surface area (TPSA) is 39.1 Å². The molecule has 2 rings (SSSR count). The number of allylic oxidation sites excluding steroid dienone is 1. The summed E-state index contributed by atoms with van der Waals surface area (Å²) < 4.78 is 38.1. The predicted molar refractivity (Wildman–Crippen MR) is 69.9 cm³/mol. The fraction of sp³-hybridized carbons (Fsp3) is 0.0909. The van der Waals surface area contributed by atoms with Crippen LogP contribution in [0.2, 0.25) is 0 Å². The van der Waals surface area contributed by atoms with Crippen molar-refractivity contribution in [3.8, 4) is 0 Å². The van der Waals surface area contributed by atoms with Crippen LogP contribution in [-0.4, -0.2) is 13.0 Å². The summed E-state index contributed by atoms with van der Waals surface area (Å²) in [5.74, 6) is -0.625. The first-order valence-corrected chi connectivity index (χ1v) is 7.67. The number of hydrogen-bond donors (Lipinski definition) is 0. The number of rotatable bonds is 3. The van der Waals surface area contributed by atoms with E-state index in [1.54, 1.807) is 16.7 Å². The maximum absolute atomic E-state index is 13.7. The zero-order valence-corrected chi connectivity index (χ0v) is 11.3. The summed E-state index contributed by atoms with van der Waals surface area (Å²) in [5, 5.41) is -0.00419. The number of nitrogens with zero attached hydrogens (tertiary/aromatic N) is 1. The van der Waals surface area contributed by atoms with Crippen molar-refractivity contribution in [3.05, 3.63) is 41.8 Å². The fourth-order valence-corrected chi connectivity index (χ4v) is 2.89. The van der Waals surface area contributed by atoms with Crippen molar-refractivity contribution < 1.29 is 12.8 Å². The van der Waals surface area contributed by atoms with Crippen LogP contribution in [0.4, 0.5) is 4.39 Å². The van der Waals surface area contributed by atoms with Crippen molar-refractivity contribution in [1.29, 1.82) is 0 Å². The molecule has 0 spiro atoms. The maximum atomic E-state index is 13.7. The Morgan fingerprint density at radius 3 is 2.72 bits per heavy atom. The van der Waals surface area contributed by atoms with E-state index in [0.29, 0.717) is 12.1 Å². The van der Waals surface area contributed by atoms with Crippen molar-refractivity contribution >= 4 is 42.2 Å². The standard InChI is InChI=1S/C11H8Cl2FNO2S/c12-5-2-6-15-7-10(18(13,16)17)11-8(14)3-1-4-9(11)15/h1-5,7H,6H2/b5-2+. The second-order valence-electron chi connectivity index (χ2n) is 3.58. The molecule has 18 heavy (non-hydrogen) atoms. The summed E-state index contributed by atoms with van der Waals surface area (Å²) in [6, 6.07) is 4.31. The van der Waals surface area contributed by atoms with Crippen LogP contribution < -0.4 is 0 Å². The predicted octanol–water partition coefficient (Wildman–Crippen LogP) is 3.46. The summed E-state index contributed by atoms with van der Waals surface area (Å²) in [7, 11) is 1.30. The van der Waals surface area contributed by atoms with Gasteiger partial charge in [0.15, 0.2) is 0 Å². The lowest BCUT2D eigenvalue weighted by atomic mass is 10.2. The summed E-state index contributed by atoms with van der Waals surface area (Å²) >= 11 is 5.42. The van der Waals surface area contributed by atoms with Gasteiger partial charge in [-0.1, -0.05) is 23.7 Å². The normalized spacial score (nSPS) is 12.6. The molecule has 7 heteroatoms. The van der Waals surface area contributed by atoms with E-state index in [0.717, 1.165) is 0 Å². The maximum Gasteiger partial charge on any atom is 0.263 e. The summed E-state index contributed by atoms with van der Waals surface area (Å²) in [4.78, 5) is -0.236. The van der Waals surface area contributed by atoms with Crippen molar-refractivity contribution in [2.45, 2.75) is 11.4 Å². The Hall–Kier alpha value is -1.04. The largest absolute Gasteiger partial charge is 0.342 e. The van der Waals surface area contributed by atoms with E-state index in [2.05, 4.69) is 0 Å². The molecule has 96 valence electrons. The highest BCUT2D eigenvalue weighted by molar-refractivity contribution is 8.14. The molecule has 0 fully saturated rings. The molecule has 0 bridgehead atoms. The van der Waals surface area contributed by atoms with Gasteiger partial charge in [0.05, 0.1) is 10.9 Å². The zero-order chi connectivity index (χ0) is 13.3. The van der Waals surface area contributed by atoms with E-state index < -0.39 is 14.9 Å². The summed E-state index contributed by atoms with van der Waals surface area (Å²) in [6.07, 6.45) is 2.91. The molecule has 0 saturated carbocycles. The van der Waals surface area contributed by atoms with Gasteiger partial charge < -0.3 is 4.57 Å². The molecule has 2 aromatic rings. The average molecular weight is 308 g/mol. The van der Waals surface area contributed by atoms with Crippen LogP contribution in [0.5, 0.6) is 0 Å². The highest BCUT2D eigenvalue weighted by atomic mass is 35.7. The first-order chi connectivity index (χ1) is 8.45. The number of benzene rings is 1. The van der Waals surface area contributed by atoms with Crippen LogP contribution in [0.15, 0.2) is 40.9 Å². The first kappa shape index (κ1) is 13.4. The van der Waals surface area contributed by atoms with Gasteiger partial charge in [-0.2, -0.15) is 0 Å². The lowest BCUT2D eigenvalue weighted by molar-refractivity contribution is 0.607. The van der Waals surface area contributed by atoms with E-state index >= 15 is 0 Å². The smallest absolute Gasteiger partial charge is 0.263 e. The molecule has 3 nitrogen and oxygen atoms in total. The Morgan fingerprint density at radius 1 is 1.39 bits per heavy atom. The molecule has 0 aliphatic heterocycles. The SMILES string of the molecule is O=S(=O)(Cl)c1cn(C/C=C/Cl)c2cccc(F)c12. The zero-order valence-electron chi connectivity index (χ0n) is 8.98. The third kappa shape index (κ3) is 2.39. The molecule has 1 heterocycles. The third-order valence-corrected chi connectivity index (χ3v) is 3.99. The van der Waals surface area contributed by atoms with E-state index in [1.165, 1.54) is 23.9 Å². The Morgan fingerprint density at radius 2 is 2.11 bits per heavy atom. The highest BCUT2D eigenvalue weighted by Gasteiger charge is 2.21. The van der Waals surface area contributed by atoms with Gasteiger partial charge >= 0.3 is 0 Å². The van der Waals surface area contributed by atoms with Crippen molar-refractivity contribution in [3.63, 3.8) is 0 Å². The van der Waals surface area contributed by atoms with Crippen LogP contribution in [0.25, 0.3) is 10.9 Å². The van der Waals surface area contributed by atoms with E-state index in [4.69, 9.17) is 22.3 Å². The van der Waals surface area contributed by atoms with Gasteiger partial charge in [-0.15, -0.1) is 0 Å². The Kier molecular flexibility index (Phi) is 3.66. The number of fused-ring (bicyclic) bond motifs is 1. The minimum absolute atomic E-state index is 0.00419. The Labute approximate surface area is 113 Å². The average Bonchev–Trinajstić information content (AvgIpc) is 2.66. The molecular weight excluding hydrogens is 300 g/mol. The van der Waals surface area contributed by atoms with Crippen molar-refractivity contribution in [2.75, 3.05) is 0 Å². The molecule has 0 amide bonds. The quantitative estimate of drug-likeness (QED) is 0.815. The molecule has 0 atom stereocenters.